The zero-order valence-corrected chi connectivity index (χ0v) is 14.8. The van der Waals surface area contributed by atoms with Crippen LogP contribution in [0.1, 0.15) is 41.5 Å². The number of pyridine rings is 1. The summed E-state index contributed by atoms with van der Waals surface area (Å²) in [4.78, 5) is 30.5. The Bertz CT molecular complexity index is 798. The summed E-state index contributed by atoms with van der Waals surface area (Å²) in [7, 11) is 0. The first kappa shape index (κ1) is 17.2. The Morgan fingerprint density at radius 1 is 1.24 bits per heavy atom. The Morgan fingerprint density at radius 2 is 2.00 bits per heavy atom. The molecule has 2 unspecified atom stereocenters. The number of aromatic nitrogens is 2. The van der Waals surface area contributed by atoms with Crippen LogP contribution in [0.2, 0.25) is 0 Å². The van der Waals surface area contributed by atoms with E-state index in [1.165, 1.54) is 0 Å². The highest BCUT2D eigenvalue weighted by atomic mass is 16.4. The van der Waals surface area contributed by atoms with Crippen LogP contribution in [0, 0.1) is 19.8 Å². The van der Waals surface area contributed by atoms with Crippen molar-refractivity contribution >= 4 is 11.9 Å². The van der Waals surface area contributed by atoms with Gasteiger partial charge in [-0.2, -0.15) is 0 Å². The summed E-state index contributed by atoms with van der Waals surface area (Å²) in [5.74, 6) is -0.650. The van der Waals surface area contributed by atoms with Gasteiger partial charge in [0.2, 0.25) is 0 Å². The van der Waals surface area contributed by atoms with E-state index in [1.807, 2.05) is 49.6 Å². The van der Waals surface area contributed by atoms with Gasteiger partial charge in [-0.25, -0.2) is 4.98 Å². The molecule has 0 spiro atoms. The number of piperidine rings is 1. The van der Waals surface area contributed by atoms with Gasteiger partial charge in [0, 0.05) is 30.2 Å². The van der Waals surface area contributed by atoms with Crippen LogP contribution in [-0.2, 0) is 4.79 Å². The summed E-state index contributed by atoms with van der Waals surface area (Å²) < 4.78 is 1.95. The molecule has 3 heterocycles. The molecule has 6 nitrogen and oxygen atoms in total. The highest BCUT2D eigenvalue weighted by Crippen LogP contribution is 2.27. The van der Waals surface area contributed by atoms with Crippen molar-refractivity contribution in [3.8, 4) is 5.82 Å². The zero-order valence-electron chi connectivity index (χ0n) is 14.8. The first-order valence-corrected chi connectivity index (χ1v) is 8.54. The molecule has 25 heavy (non-hydrogen) atoms. The van der Waals surface area contributed by atoms with Gasteiger partial charge >= 0.3 is 5.97 Å². The Labute approximate surface area is 147 Å². The SMILES string of the molecule is Cc1cc(C(=O)N2CC(C(=O)O)CCC2C)c(C)n1-c1ccccn1. The molecule has 0 bridgehead atoms. The minimum Gasteiger partial charge on any atom is -0.481 e. The van der Waals surface area contributed by atoms with Crippen molar-refractivity contribution in [3.05, 3.63) is 47.4 Å². The van der Waals surface area contributed by atoms with E-state index in [2.05, 4.69) is 4.98 Å². The van der Waals surface area contributed by atoms with Crippen molar-refractivity contribution in [1.29, 1.82) is 0 Å². The molecule has 1 amide bonds. The van der Waals surface area contributed by atoms with E-state index in [1.54, 1.807) is 11.1 Å². The third-order valence-corrected chi connectivity index (χ3v) is 5.03. The maximum atomic E-state index is 13.1. The number of amides is 1. The summed E-state index contributed by atoms with van der Waals surface area (Å²) in [6, 6.07) is 7.57. The van der Waals surface area contributed by atoms with Crippen molar-refractivity contribution < 1.29 is 14.7 Å². The number of carbonyl (C=O) groups is 2. The average Bonchev–Trinajstić information content (AvgIpc) is 2.89. The number of nitrogens with zero attached hydrogens (tertiary/aromatic N) is 3. The molecular formula is C19H23N3O3. The number of hydrogen-bond acceptors (Lipinski definition) is 3. The van der Waals surface area contributed by atoms with Crippen LogP contribution in [0.25, 0.3) is 5.82 Å². The van der Waals surface area contributed by atoms with E-state index >= 15 is 0 Å². The number of aryl methyl sites for hydroxylation is 1. The Morgan fingerprint density at radius 3 is 2.64 bits per heavy atom. The number of rotatable bonds is 3. The highest BCUT2D eigenvalue weighted by Gasteiger charge is 2.34. The molecule has 2 aromatic heterocycles. The van der Waals surface area contributed by atoms with E-state index in [0.717, 1.165) is 17.2 Å². The fourth-order valence-corrected chi connectivity index (χ4v) is 3.56. The van der Waals surface area contributed by atoms with Crippen molar-refractivity contribution in [2.45, 2.75) is 39.7 Å². The molecule has 3 rings (SSSR count). The molecule has 132 valence electrons. The summed E-state index contributed by atoms with van der Waals surface area (Å²) >= 11 is 0. The second kappa shape index (κ2) is 6.70. The van der Waals surface area contributed by atoms with Gasteiger partial charge in [0.05, 0.1) is 11.5 Å². The predicted molar refractivity (Wildman–Crippen MR) is 93.9 cm³/mol. The zero-order chi connectivity index (χ0) is 18.1. The summed E-state index contributed by atoms with van der Waals surface area (Å²) in [6.45, 7) is 6.09. The van der Waals surface area contributed by atoms with Gasteiger partial charge in [0.15, 0.2) is 0 Å². The minimum absolute atomic E-state index is 0.0426. The van der Waals surface area contributed by atoms with Crippen molar-refractivity contribution in [1.82, 2.24) is 14.5 Å². The normalized spacial score (nSPS) is 20.5. The maximum Gasteiger partial charge on any atom is 0.308 e. The Hall–Kier alpha value is -2.63. The molecule has 0 aromatic carbocycles. The molecule has 6 heteroatoms. The van der Waals surface area contributed by atoms with Crippen LogP contribution < -0.4 is 0 Å². The molecule has 1 saturated heterocycles. The first-order valence-electron chi connectivity index (χ1n) is 8.54. The fourth-order valence-electron chi connectivity index (χ4n) is 3.56. The monoisotopic (exact) mass is 341 g/mol. The first-order chi connectivity index (χ1) is 11.9. The van der Waals surface area contributed by atoms with Crippen LogP contribution >= 0.6 is 0 Å². The summed E-state index contributed by atoms with van der Waals surface area (Å²) in [5.41, 5.74) is 2.37. The smallest absolute Gasteiger partial charge is 0.308 e. The van der Waals surface area contributed by atoms with E-state index in [0.29, 0.717) is 18.4 Å². The third-order valence-electron chi connectivity index (χ3n) is 5.03. The number of aliphatic carboxylic acids is 1. The predicted octanol–water partition coefficient (Wildman–Crippen LogP) is 2.81. The van der Waals surface area contributed by atoms with Crippen molar-refractivity contribution in [2.75, 3.05) is 6.54 Å². The Kier molecular flexibility index (Phi) is 4.61. The molecule has 0 saturated carbocycles. The largest absolute Gasteiger partial charge is 0.481 e. The van der Waals surface area contributed by atoms with E-state index in [9.17, 15) is 14.7 Å². The van der Waals surface area contributed by atoms with Gasteiger partial charge in [-0.05, 0) is 51.8 Å². The topological polar surface area (TPSA) is 75.4 Å². The van der Waals surface area contributed by atoms with E-state index in [4.69, 9.17) is 0 Å². The lowest BCUT2D eigenvalue weighted by atomic mass is 9.93. The number of likely N-dealkylation sites (tertiary alicyclic amines) is 1. The van der Waals surface area contributed by atoms with Crippen molar-refractivity contribution in [3.63, 3.8) is 0 Å². The second-order valence-electron chi connectivity index (χ2n) is 6.73. The molecule has 0 aliphatic carbocycles. The molecular weight excluding hydrogens is 318 g/mol. The van der Waals surface area contributed by atoms with Crippen LogP contribution in [-0.4, -0.2) is 44.0 Å². The lowest BCUT2D eigenvalue weighted by Gasteiger charge is -2.36. The maximum absolute atomic E-state index is 13.1. The highest BCUT2D eigenvalue weighted by molar-refractivity contribution is 5.96. The summed E-state index contributed by atoms with van der Waals surface area (Å²) in [6.07, 6.45) is 3.05. The molecule has 2 atom stereocenters. The van der Waals surface area contributed by atoms with Gasteiger partial charge in [0.25, 0.3) is 5.91 Å². The Balaban J connectivity index is 1.94. The van der Waals surface area contributed by atoms with Gasteiger partial charge in [0.1, 0.15) is 5.82 Å². The molecule has 2 aromatic rings. The molecule has 1 N–H and O–H groups in total. The number of carboxylic acid groups (broad SMARTS) is 1. The van der Waals surface area contributed by atoms with Crippen LogP contribution in [0.3, 0.4) is 0 Å². The quantitative estimate of drug-likeness (QED) is 0.931. The van der Waals surface area contributed by atoms with E-state index < -0.39 is 11.9 Å². The minimum atomic E-state index is -0.830. The number of carbonyl (C=O) groups excluding carboxylic acids is 1. The molecule has 0 radical (unpaired) electrons. The van der Waals surface area contributed by atoms with Crippen LogP contribution in [0.15, 0.2) is 30.5 Å². The molecule has 1 fully saturated rings. The standard InChI is InChI=1S/C19H23N3O3/c1-12-7-8-15(19(24)25)11-21(12)18(23)16-10-13(2)22(14(16)3)17-6-4-5-9-20-17/h4-6,9-10,12,15H,7-8,11H2,1-3H3,(H,24,25). The lowest BCUT2D eigenvalue weighted by molar-refractivity contribution is -0.143. The van der Waals surface area contributed by atoms with Gasteiger partial charge in [-0.3, -0.25) is 9.59 Å². The molecule has 1 aliphatic rings. The van der Waals surface area contributed by atoms with E-state index in [-0.39, 0.29) is 18.5 Å². The van der Waals surface area contributed by atoms with Gasteiger partial charge in [-0.15, -0.1) is 0 Å². The number of hydrogen-bond donors (Lipinski definition) is 1. The average molecular weight is 341 g/mol. The van der Waals surface area contributed by atoms with Crippen LogP contribution in [0.4, 0.5) is 0 Å². The summed E-state index contributed by atoms with van der Waals surface area (Å²) in [5, 5.41) is 9.30. The van der Waals surface area contributed by atoms with Gasteiger partial charge < -0.3 is 14.6 Å². The van der Waals surface area contributed by atoms with Gasteiger partial charge in [-0.1, -0.05) is 6.07 Å². The van der Waals surface area contributed by atoms with Crippen molar-refractivity contribution in [2.24, 2.45) is 5.92 Å². The lowest BCUT2D eigenvalue weighted by Crippen LogP contribution is -2.47. The fraction of sp³-hybridized carbons (Fsp3) is 0.421. The molecule has 1 aliphatic heterocycles. The second-order valence-corrected chi connectivity index (χ2v) is 6.73. The number of carboxylic acids is 1. The van der Waals surface area contributed by atoms with Crippen LogP contribution in [0.5, 0.6) is 0 Å². The third kappa shape index (κ3) is 3.16.